The largest absolute Gasteiger partial charge is 0.329 e. The number of piperazine rings is 1. The molecule has 0 aromatic carbocycles. The number of nitrogens with zero attached hydrogens (tertiary/aromatic N) is 2. The third-order valence-corrected chi connectivity index (χ3v) is 5.05. The van der Waals surface area contributed by atoms with Gasteiger partial charge in [-0.2, -0.15) is 0 Å². The Kier molecular flexibility index (Phi) is 3.54. The average molecular weight is 239 g/mol. The summed E-state index contributed by atoms with van der Waals surface area (Å²) in [6.07, 6.45) is 2.58. The summed E-state index contributed by atoms with van der Waals surface area (Å²) in [5, 5.41) is 0. The van der Waals surface area contributed by atoms with E-state index in [1.807, 2.05) is 0 Å². The lowest BCUT2D eigenvalue weighted by molar-refractivity contribution is 0.0197. The molecule has 0 bridgehead atoms. The van der Waals surface area contributed by atoms with Crippen molar-refractivity contribution in [1.29, 1.82) is 0 Å². The van der Waals surface area contributed by atoms with E-state index in [4.69, 9.17) is 5.73 Å². The summed E-state index contributed by atoms with van der Waals surface area (Å²) in [7, 11) is 2.22. The number of rotatable bonds is 2. The standard InChI is InChI=1S/C14H29N3/c1-12-9-13(2,3)10-14(12,11-15)17-7-5-16(4)6-8-17/h12H,5-11,15H2,1-4H3. The van der Waals surface area contributed by atoms with Crippen molar-refractivity contribution in [3.05, 3.63) is 0 Å². The van der Waals surface area contributed by atoms with Crippen molar-refractivity contribution in [2.45, 2.75) is 39.2 Å². The molecule has 0 aromatic rings. The van der Waals surface area contributed by atoms with Gasteiger partial charge >= 0.3 is 0 Å². The maximum Gasteiger partial charge on any atom is 0.0363 e. The Morgan fingerprint density at radius 2 is 1.76 bits per heavy atom. The highest BCUT2D eigenvalue weighted by Crippen LogP contribution is 2.50. The SMILES string of the molecule is CC1CC(C)(C)CC1(CN)N1CCN(C)CC1. The van der Waals surface area contributed by atoms with E-state index in [1.165, 1.54) is 39.0 Å². The van der Waals surface area contributed by atoms with Gasteiger partial charge in [0.05, 0.1) is 0 Å². The van der Waals surface area contributed by atoms with E-state index in [2.05, 4.69) is 37.6 Å². The first-order valence-corrected chi connectivity index (χ1v) is 7.03. The molecule has 2 unspecified atom stereocenters. The van der Waals surface area contributed by atoms with Gasteiger partial charge in [-0.1, -0.05) is 20.8 Å². The normalized spacial score (nSPS) is 39.7. The second-order valence-corrected chi connectivity index (χ2v) is 7.04. The lowest BCUT2D eigenvalue weighted by Gasteiger charge is -2.48. The minimum absolute atomic E-state index is 0.269. The molecule has 1 saturated heterocycles. The van der Waals surface area contributed by atoms with Crippen LogP contribution in [0.1, 0.15) is 33.6 Å². The molecule has 1 saturated carbocycles. The fourth-order valence-corrected chi connectivity index (χ4v) is 4.17. The molecule has 3 heteroatoms. The highest BCUT2D eigenvalue weighted by molar-refractivity contribution is 5.06. The Balaban J connectivity index is 2.14. The van der Waals surface area contributed by atoms with E-state index in [1.54, 1.807) is 0 Å². The van der Waals surface area contributed by atoms with Gasteiger partial charge in [0.2, 0.25) is 0 Å². The summed E-state index contributed by atoms with van der Waals surface area (Å²) in [6, 6.07) is 0. The fraction of sp³-hybridized carbons (Fsp3) is 1.00. The molecule has 1 aliphatic carbocycles. The zero-order valence-corrected chi connectivity index (χ0v) is 12.0. The van der Waals surface area contributed by atoms with Crippen molar-refractivity contribution < 1.29 is 0 Å². The van der Waals surface area contributed by atoms with Gasteiger partial charge in [-0.25, -0.2) is 0 Å². The van der Waals surface area contributed by atoms with Crippen LogP contribution in [0.25, 0.3) is 0 Å². The first-order valence-electron chi connectivity index (χ1n) is 7.03. The zero-order valence-electron chi connectivity index (χ0n) is 12.0. The minimum Gasteiger partial charge on any atom is -0.329 e. The second kappa shape index (κ2) is 4.52. The molecule has 3 nitrogen and oxygen atoms in total. The predicted molar refractivity (Wildman–Crippen MR) is 73.0 cm³/mol. The van der Waals surface area contributed by atoms with Crippen LogP contribution in [-0.2, 0) is 0 Å². The molecule has 1 aliphatic heterocycles. The quantitative estimate of drug-likeness (QED) is 0.790. The first kappa shape index (κ1) is 13.3. The first-order chi connectivity index (χ1) is 7.89. The zero-order chi connectivity index (χ0) is 12.7. The van der Waals surface area contributed by atoms with Gasteiger partial charge in [-0.15, -0.1) is 0 Å². The van der Waals surface area contributed by atoms with E-state index in [0.29, 0.717) is 5.41 Å². The van der Waals surface area contributed by atoms with Crippen molar-refractivity contribution >= 4 is 0 Å². The summed E-state index contributed by atoms with van der Waals surface area (Å²) < 4.78 is 0. The topological polar surface area (TPSA) is 32.5 Å². The van der Waals surface area contributed by atoms with Crippen molar-refractivity contribution in [3.8, 4) is 0 Å². The molecule has 0 spiro atoms. The molecule has 0 amide bonds. The van der Waals surface area contributed by atoms with Crippen molar-refractivity contribution in [2.75, 3.05) is 39.8 Å². The van der Waals surface area contributed by atoms with Gasteiger partial charge in [0.25, 0.3) is 0 Å². The van der Waals surface area contributed by atoms with Gasteiger partial charge < -0.3 is 10.6 Å². The fourth-order valence-electron chi connectivity index (χ4n) is 4.17. The maximum absolute atomic E-state index is 6.19. The molecule has 0 radical (unpaired) electrons. The molecule has 2 atom stereocenters. The van der Waals surface area contributed by atoms with Crippen LogP contribution < -0.4 is 5.73 Å². The van der Waals surface area contributed by atoms with Gasteiger partial charge in [-0.05, 0) is 31.2 Å². The Morgan fingerprint density at radius 1 is 1.18 bits per heavy atom. The van der Waals surface area contributed by atoms with Gasteiger partial charge in [0, 0.05) is 38.3 Å². The molecule has 0 aromatic heterocycles. The maximum atomic E-state index is 6.19. The third kappa shape index (κ3) is 2.38. The van der Waals surface area contributed by atoms with Crippen LogP contribution in [0.15, 0.2) is 0 Å². The van der Waals surface area contributed by atoms with E-state index in [9.17, 15) is 0 Å². The highest BCUT2D eigenvalue weighted by atomic mass is 15.3. The number of nitrogens with two attached hydrogens (primary N) is 1. The highest BCUT2D eigenvalue weighted by Gasteiger charge is 2.51. The van der Waals surface area contributed by atoms with Crippen molar-refractivity contribution in [3.63, 3.8) is 0 Å². The lowest BCUT2D eigenvalue weighted by Crippen LogP contribution is -2.61. The van der Waals surface area contributed by atoms with Crippen LogP contribution in [0.2, 0.25) is 0 Å². The Bertz CT molecular complexity index is 269. The van der Waals surface area contributed by atoms with Crippen LogP contribution in [-0.4, -0.2) is 55.1 Å². The molecular weight excluding hydrogens is 210 g/mol. The van der Waals surface area contributed by atoms with Crippen LogP contribution in [0, 0.1) is 11.3 Å². The van der Waals surface area contributed by atoms with Crippen LogP contribution in [0.5, 0.6) is 0 Å². The minimum atomic E-state index is 0.269. The number of hydrogen-bond acceptors (Lipinski definition) is 3. The molecule has 1 heterocycles. The summed E-state index contributed by atoms with van der Waals surface area (Å²) in [5.41, 5.74) is 6.92. The van der Waals surface area contributed by atoms with Gasteiger partial charge in [0.1, 0.15) is 0 Å². The Hall–Kier alpha value is -0.120. The molecular formula is C14H29N3. The van der Waals surface area contributed by atoms with Crippen LogP contribution >= 0.6 is 0 Å². The number of likely N-dealkylation sites (N-methyl/N-ethyl adjacent to an activating group) is 1. The molecule has 2 fully saturated rings. The lowest BCUT2D eigenvalue weighted by atomic mass is 9.84. The van der Waals surface area contributed by atoms with Crippen molar-refractivity contribution in [1.82, 2.24) is 9.80 Å². The van der Waals surface area contributed by atoms with E-state index in [-0.39, 0.29) is 5.54 Å². The smallest absolute Gasteiger partial charge is 0.0363 e. The predicted octanol–water partition coefficient (Wildman–Crippen LogP) is 1.39. The molecule has 100 valence electrons. The van der Waals surface area contributed by atoms with Crippen LogP contribution in [0.4, 0.5) is 0 Å². The Morgan fingerprint density at radius 3 is 2.18 bits per heavy atom. The van der Waals surface area contributed by atoms with Crippen LogP contribution in [0.3, 0.4) is 0 Å². The van der Waals surface area contributed by atoms with Crippen molar-refractivity contribution in [2.24, 2.45) is 17.1 Å². The molecule has 2 aliphatic rings. The van der Waals surface area contributed by atoms with Gasteiger partial charge in [0.15, 0.2) is 0 Å². The third-order valence-electron chi connectivity index (χ3n) is 5.05. The molecule has 2 N–H and O–H groups in total. The monoisotopic (exact) mass is 239 g/mol. The molecule has 17 heavy (non-hydrogen) atoms. The summed E-state index contributed by atoms with van der Waals surface area (Å²) in [5.74, 6) is 0.728. The average Bonchev–Trinajstić information content (AvgIpc) is 2.50. The second-order valence-electron chi connectivity index (χ2n) is 7.04. The van der Waals surface area contributed by atoms with Gasteiger partial charge in [-0.3, -0.25) is 4.90 Å². The van der Waals surface area contributed by atoms with E-state index in [0.717, 1.165) is 12.5 Å². The van der Waals surface area contributed by atoms with E-state index >= 15 is 0 Å². The number of hydrogen-bond donors (Lipinski definition) is 1. The Labute approximate surface area is 106 Å². The summed E-state index contributed by atoms with van der Waals surface area (Å²) in [6.45, 7) is 12.8. The molecule has 2 rings (SSSR count). The summed E-state index contributed by atoms with van der Waals surface area (Å²) >= 11 is 0. The summed E-state index contributed by atoms with van der Waals surface area (Å²) in [4.78, 5) is 5.11. The van der Waals surface area contributed by atoms with E-state index < -0.39 is 0 Å².